The lowest BCUT2D eigenvalue weighted by atomic mass is 10.0. The number of nitrogens with one attached hydrogen (secondary N) is 1. The molecule has 0 bridgehead atoms. The van der Waals surface area contributed by atoms with Gasteiger partial charge in [0.1, 0.15) is 0 Å². The molecule has 0 amide bonds. The Morgan fingerprint density at radius 2 is 1.67 bits per heavy atom. The minimum atomic E-state index is -3.40. The number of rotatable bonds is 5. The molecule has 0 aliphatic rings. The molecule has 0 fully saturated rings. The summed E-state index contributed by atoms with van der Waals surface area (Å²) in [6, 6.07) is 0. The van der Waals surface area contributed by atoms with Gasteiger partial charge >= 0.3 is 0 Å². The first-order valence-electron chi connectivity index (χ1n) is 4.78. The molecule has 92 valence electrons. The van der Waals surface area contributed by atoms with E-state index in [0.717, 1.165) is 0 Å². The number of sulfonamides is 1. The van der Waals surface area contributed by atoms with Gasteiger partial charge in [-0.25, -0.2) is 13.1 Å². The zero-order valence-corrected chi connectivity index (χ0v) is 10.6. The molecular weight excluding hydrogens is 218 g/mol. The van der Waals surface area contributed by atoms with Gasteiger partial charge in [0.15, 0.2) is 0 Å². The van der Waals surface area contributed by atoms with Crippen LogP contribution in [0.3, 0.4) is 0 Å². The average Bonchev–Trinajstić information content (AvgIpc) is 1.97. The monoisotopic (exact) mass is 239 g/mol. The molecule has 3 N–H and O–H groups in total. The maximum Gasteiger partial charge on any atom is 0.212 e. The molecule has 0 heterocycles. The summed E-state index contributed by atoms with van der Waals surface area (Å²) in [5, 5.41) is 18.1. The van der Waals surface area contributed by atoms with Crippen LogP contribution in [0.5, 0.6) is 0 Å². The molecular formula is C9H21NO4S. The third kappa shape index (κ3) is 7.72. The van der Waals surface area contributed by atoms with Gasteiger partial charge in [-0.1, -0.05) is 20.8 Å². The molecule has 0 aromatic rings. The normalized spacial score (nSPS) is 17.5. The summed E-state index contributed by atoms with van der Waals surface area (Å²) < 4.78 is 25.3. The predicted octanol–water partition coefficient (Wildman–Crippen LogP) is -0.305. The van der Waals surface area contributed by atoms with E-state index in [1.165, 1.54) is 6.92 Å². The fraction of sp³-hybridized carbons (Fsp3) is 1.00. The molecule has 0 radical (unpaired) electrons. The molecule has 6 heteroatoms. The molecule has 0 aliphatic carbocycles. The van der Waals surface area contributed by atoms with Crippen LogP contribution in [0.1, 0.15) is 27.7 Å². The van der Waals surface area contributed by atoms with Crippen LogP contribution in [-0.4, -0.2) is 43.1 Å². The second-order valence-electron chi connectivity index (χ2n) is 5.30. The number of aliphatic hydroxyl groups is 2. The Morgan fingerprint density at radius 1 is 1.20 bits per heavy atom. The lowest BCUT2D eigenvalue weighted by Crippen LogP contribution is -2.45. The van der Waals surface area contributed by atoms with Crippen molar-refractivity contribution in [3.05, 3.63) is 0 Å². The first-order valence-corrected chi connectivity index (χ1v) is 6.43. The molecule has 0 aliphatic heterocycles. The fourth-order valence-electron chi connectivity index (χ4n) is 0.942. The van der Waals surface area contributed by atoms with E-state index in [-0.39, 0.29) is 17.7 Å². The van der Waals surface area contributed by atoms with E-state index in [1.807, 2.05) is 20.8 Å². The summed E-state index contributed by atoms with van der Waals surface area (Å²) in [5.41, 5.74) is -1.75. The van der Waals surface area contributed by atoms with Crippen LogP contribution in [0.25, 0.3) is 0 Å². The maximum absolute atomic E-state index is 11.5. The van der Waals surface area contributed by atoms with Gasteiger partial charge in [0.25, 0.3) is 0 Å². The number of hydrogen-bond donors (Lipinski definition) is 3. The van der Waals surface area contributed by atoms with Crippen molar-refractivity contribution >= 4 is 10.0 Å². The van der Waals surface area contributed by atoms with Gasteiger partial charge in [-0.2, -0.15) is 0 Å². The third-order valence-corrected chi connectivity index (χ3v) is 3.47. The molecule has 0 rings (SSSR count). The molecule has 1 unspecified atom stereocenters. The van der Waals surface area contributed by atoms with Crippen LogP contribution in [0.15, 0.2) is 0 Å². The Morgan fingerprint density at radius 3 is 2.00 bits per heavy atom. The Kier molecular flexibility index (Phi) is 4.72. The number of aliphatic hydroxyl groups excluding tert-OH is 1. The highest BCUT2D eigenvalue weighted by Gasteiger charge is 2.25. The van der Waals surface area contributed by atoms with E-state index in [9.17, 15) is 13.5 Å². The van der Waals surface area contributed by atoms with Gasteiger partial charge in [0.2, 0.25) is 10.0 Å². The summed E-state index contributed by atoms with van der Waals surface area (Å²) in [6.45, 7) is 6.16. The van der Waals surface area contributed by atoms with Gasteiger partial charge in [-0.05, 0) is 12.3 Å². The Labute approximate surface area is 91.6 Å². The van der Waals surface area contributed by atoms with E-state index >= 15 is 0 Å². The van der Waals surface area contributed by atoms with E-state index < -0.39 is 22.2 Å². The summed E-state index contributed by atoms with van der Waals surface area (Å²) >= 11 is 0. The van der Waals surface area contributed by atoms with Gasteiger partial charge in [0.05, 0.1) is 18.0 Å². The van der Waals surface area contributed by atoms with Crippen LogP contribution in [0, 0.1) is 5.41 Å². The predicted molar refractivity (Wildman–Crippen MR) is 59.0 cm³/mol. The summed E-state index contributed by atoms with van der Waals surface area (Å²) in [6.07, 6.45) is 0. The van der Waals surface area contributed by atoms with Crippen molar-refractivity contribution in [1.82, 2.24) is 4.72 Å². The molecule has 0 saturated heterocycles. The second kappa shape index (κ2) is 4.78. The summed E-state index contributed by atoms with van der Waals surface area (Å²) in [4.78, 5) is 0. The van der Waals surface area contributed by atoms with Gasteiger partial charge in [-0.15, -0.1) is 0 Å². The smallest absolute Gasteiger partial charge is 0.212 e. The van der Waals surface area contributed by atoms with Crippen LogP contribution in [-0.2, 0) is 10.0 Å². The van der Waals surface area contributed by atoms with Crippen molar-refractivity contribution in [3.8, 4) is 0 Å². The van der Waals surface area contributed by atoms with Crippen molar-refractivity contribution in [2.45, 2.75) is 33.3 Å². The molecule has 15 heavy (non-hydrogen) atoms. The molecule has 0 saturated carbocycles. The minimum absolute atomic E-state index is 0.0124. The average molecular weight is 239 g/mol. The van der Waals surface area contributed by atoms with Gasteiger partial charge in [-0.3, -0.25) is 0 Å². The van der Waals surface area contributed by atoms with Crippen LogP contribution in [0.4, 0.5) is 0 Å². The molecule has 5 nitrogen and oxygen atoms in total. The van der Waals surface area contributed by atoms with Crippen molar-refractivity contribution in [3.63, 3.8) is 0 Å². The quantitative estimate of drug-likeness (QED) is 0.614. The van der Waals surface area contributed by atoms with E-state index in [2.05, 4.69) is 4.72 Å². The van der Waals surface area contributed by atoms with E-state index in [4.69, 9.17) is 5.11 Å². The molecule has 0 aromatic carbocycles. The lowest BCUT2D eigenvalue weighted by Gasteiger charge is -2.23. The highest BCUT2D eigenvalue weighted by atomic mass is 32.2. The van der Waals surface area contributed by atoms with Crippen LogP contribution < -0.4 is 4.72 Å². The Hall–Kier alpha value is -0.170. The van der Waals surface area contributed by atoms with Gasteiger partial charge < -0.3 is 10.2 Å². The van der Waals surface area contributed by atoms with Crippen molar-refractivity contribution in [2.24, 2.45) is 5.41 Å². The topological polar surface area (TPSA) is 86.6 Å². The van der Waals surface area contributed by atoms with Crippen molar-refractivity contribution < 1.29 is 18.6 Å². The van der Waals surface area contributed by atoms with E-state index in [1.54, 1.807) is 0 Å². The highest BCUT2D eigenvalue weighted by Crippen LogP contribution is 2.15. The van der Waals surface area contributed by atoms with Crippen LogP contribution in [0.2, 0.25) is 0 Å². The third-order valence-electron chi connectivity index (χ3n) is 1.64. The zero-order chi connectivity index (χ0) is 12.3. The number of hydrogen-bond acceptors (Lipinski definition) is 4. The first kappa shape index (κ1) is 14.8. The Bertz CT molecular complexity index is 290. The SMILES string of the molecule is CC(C)(C)CS(=O)(=O)NCC(C)(O)CO. The van der Waals surface area contributed by atoms with Crippen molar-refractivity contribution in [1.29, 1.82) is 0 Å². The summed E-state index contributed by atoms with van der Waals surface area (Å²) in [7, 11) is -3.40. The zero-order valence-electron chi connectivity index (χ0n) is 9.74. The highest BCUT2D eigenvalue weighted by molar-refractivity contribution is 7.89. The lowest BCUT2D eigenvalue weighted by molar-refractivity contribution is 0.00678. The minimum Gasteiger partial charge on any atom is -0.393 e. The largest absolute Gasteiger partial charge is 0.393 e. The molecule has 0 spiro atoms. The summed E-state index contributed by atoms with van der Waals surface area (Å²) in [5.74, 6) is -0.0124. The standard InChI is InChI=1S/C9H21NO4S/c1-8(2,3)7-15(13,14)10-5-9(4,12)6-11/h10-12H,5-7H2,1-4H3. The molecule has 1 atom stereocenters. The maximum atomic E-state index is 11.5. The first-order chi connectivity index (χ1) is 6.47. The molecule has 0 aromatic heterocycles. The Balaban J connectivity index is 4.30. The van der Waals surface area contributed by atoms with Gasteiger partial charge in [0, 0.05) is 6.54 Å². The van der Waals surface area contributed by atoms with Crippen LogP contribution >= 0.6 is 0 Å². The fourth-order valence-corrected chi connectivity index (χ4v) is 2.72. The van der Waals surface area contributed by atoms with E-state index in [0.29, 0.717) is 0 Å². The van der Waals surface area contributed by atoms with Crippen molar-refractivity contribution in [2.75, 3.05) is 18.9 Å². The second-order valence-corrected chi connectivity index (χ2v) is 7.10.